The van der Waals surface area contributed by atoms with Gasteiger partial charge in [0.1, 0.15) is 22.7 Å². The molecule has 1 N–H and O–H groups in total. The van der Waals surface area contributed by atoms with E-state index in [1.165, 1.54) is 17.0 Å². The Morgan fingerprint density at radius 2 is 1.86 bits per heavy atom. The topological polar surface area (TPSA) is 88.4 Å². The van der Waals surface area contributed by atoms with Gasteiger partial charge < -0.3 is 14.6 Å². The fourth-order valence-electron chi connectivity index (χ4n) is 3.32. The number of ether oxygens (including phenoxy) is 2. The number of carboxylic acid groups (broad SMARTS) is 1. The molecular weight excluding hydrogens is 539 g/mol. The van der Waals surface area contributed by atoms with Crippen molar-refractivity contribution in [3.8, 4) is 5.75 Å². The molecule has 35 heavy (non-hydrogen) atoms. The molecule has 0 radical (unpaired) electrons. The van der Waals surface area contributed by atoms with Crippen molar-refractivity contribution in [3.05, 3.63) is 74.9 Å². The van der Waals surface area contributed by atoms with E-state index in [4.69, 9.17) is 9.47 Å². The highest BCUT2D eigenvalue weighted by atomic mass is 79.9. The molecule has 0 saturated carbocycles. The first kappa shape index (κ1) is 26.7. The van der Waals surface area contributed by atoms with E-state index in [0.717, 1.165) is 17.3 Å². The second-order valence-corrected chi connectivity index (χ2v) is 10.9. The van der Waals surface area contributed by atoms with Crippen LogP contribution in [-0.2, 0) is 21.6 Å². The van der Waals surface area contributed by atoms with Crippen LogP contribution >= 0.6 is 27.7 Å². The lowest BCUT2D eigenvalue weighted by atomic mass is 9.91. The van der Waals surface area contributed by atoms with Gasteiger partial charge in [-0.3, -0.25) is 4.90 Å². The number of aliphatic carboxylic acids is 1. The smallest absolute Gasteiger partial charge is 0.416 e. The van der Waals surface area contributed by atoms with Gasteiger partial charge in [-0.25, -0.2) is 19.0 Å². The highest BCUT2D eigenvalue weighted by molar-refractivity contribution is 9.10. The molecule has 1 aliphatic rings. The quantitative estimate of drug-likeness (QED) is 0.457. The molecule has 1 heterocycles. The molecule has 1 amide bonds. The van der Waals surface area contributed by atoms with Crippen LogP contribution in [-0.4, -0.2) is 39.9 Å². The Bertz CT molecular complexity index is 1190. The van der Waals surface area contributed by atoms with Gasteiger partial charge in [-0.2, -0.15) is 0 Å². The Balaban J connectivity index is 2.12. The van der Waals surface area contributed by atoms with E-state index < -0.39 is 29.0 Å². The summed E-state index contributed by atoms with van der Waals surface area (Å²) < 4.78 is 26.3. The number of aliphatic imine (C=N–C) groups is 1. The molecule has 7 nitrogen and oxygen atoms in total. The number of carboxylic acids is 1. The molecule has 2 aromatic rings. The van der Waals surface area contributed by atoms with Crippen molar-refractivity contribution < 1.29 is 28.6 Å². The number of benzene rings is 2. The standard InChI is InChI=1S/C25H26BrFN2O5S/c1-24(2,3)34-23(32)29(14-15-6-9-17(33-5)10-7-15)22-28-25(4,13-20(35-22)21(30)31)18-12-16(26)8-11-19(18)27/h6-13H,14H2,1-5H3,(H,30,31). The SMILES string of the molecule is COc1ccc(CN(C(=O)OC(C)(C)C)C2=NC(C)(c3cc(Br)ccc3F)C=C(C(=O)O)S2)cc1. The Labute approximate surface area is 216 Å². The highest BCUT2D eigenvalue weighted by Gasteiger charge is 2.38. The Hall–Kier alpha value is -2.85. The molecule has 0 saturated heterocycles. The number of hydrogen-bond donors (Lipinski definition) is 1. The van der Waals surface area contributed by atoms with Crippen molar-refractivity contribution in [2.24, 2.45) is 4.99 Å². The lowest BCUT2D eigenvalue weighted by molar-refractivity contribution is -0.131. The van der Waals surface area contributed by atoms with Crippen molar-refractivity contribution in [3.63, 3.8) is 0 Å². The van der Waals surface area contributed by atoms with E-state index in [1.54, 1.807) is 71.2 Å². The number of carbonyl (C=O) groups excluding carboxylic acids is 1. The van der Waals surface area contributed by atoms with Crippen LogP contribution in [0.5, 0.6) is 5.75 Å². The van der Waals surface area contributed by atoms with Gasteiger partial charge in [0.2, 0.25) is 0 Å². The number of amides is 1. The minimum Gasteiger partial charge on any atom is -0.497 e. The second kappa shape index (κ2) is 10.4. The number of methoxy groups -OCH3 is 1. The van der Waals surface area contributed by atoms with Crippen LogP contribution in [0.2, 0.25) is 0 Å². The third-order valence-corrected chi connectivity index (χ3v) is 6.47. The van der Waals surface area contributed by atoms with Gasteiger partial charge in [-0.1, -0.05) is 28.1 Å². The summed E-state index contributed by atoms with van der Waals surface area (Å²) in [6, 6.07) is 11.4. The summed E-state index contributed by atoms with van der Waals surface area (Å²) in [6.45, 7) is 6.84. The molecule has 2 aromatic carbocycles. The van der Waals surface area contributed by atoms with Gasteiger partial charge in [-0.05, 0) is 81.4 Å². The van der Waals surface area contributed by atoms with Gasteiger partial charge in [0.05, 0.1) is 18.6 Å². The summed E-state index contributed by atoms with van der Waals surface area (Å²) >= 11 is 4.15. The van der Waals surface area contributed by atoms with E-state index in [-0.39, 0.29) is 22.2 Å². The zero-order chi connectivity index (χ0) is 26.0. The van der Waals surface area contributed by atoms with E-state index in [1.807, 2.05) is 0 Å². The normalized spacial score (nSPS) is 17.8. The number of amidine groups is 1. The predicted octanol–water partition coefficient (Wildman–Crippen LogP) is 6.32. The third-order valence-electron chi connectivity index (χ3n) is 4.97. The van der Waals surface area contributed by atoms with E-state index in [2.05, 4.69) is 20.9 Å². The zero-order valence-electron chi connectivity index (χ0n) is 20.0. The van der Waals surface area contributed by atoms with Crippen LogP contribution in [0.25, 0.3) is 0 Å². The first-order valence-electron chi connectivity index (χ1n) is 10.6. The molecule has 1 atom stereocenters. The summed E-state index contributed by atoms with van der Waals surface area (Å²) in [5, 5.41) is 9.90. The van der Waals surface area contributed by atoms with Crippen molar-refractivity contribution in [1.82, 2.24) is 4.90 Å². The van der Waals surface area contributed by atoms with Gasteiger partial charge >= 0.3 is 12.1 Å². The minimum absolute atomic E-state index is 0.0503. The summed E-state index contributed by atoms with van der Waals surface area (Å²) in [5.41, 5.74) is -1.29. The van der Waals surface area contributed by atoms with Crippen LogP contribution in [0, 0.1) is 5.82 Å². The van der Waals surface area contributed by atoms with E-state index in [9.17, 15) is 19.1 Å². The van der Waals surface area contributed by atoms with Gasteiger partial charge in [0, 0.05) is 10.0 Å². The molecule has 0 fully saturated rings. The average Bonchev–Trinajstić information content (AvgIpc) is 2.77. The Kier molecular flexibility index (Phi) is 7.96. The summed E-state index contributed by atoms with van der Waals surface area (Å²) in [4.78, 5) is 31.2. The van der Waals surface area contributed by atoms with Gasteiger partial charge in [-0.15, -0.1) is 0 Å². The molecule has 0 aliphatic carbocycles. The van der Waals surface area contributed by atoms with Crippen molar-refractivity contribution in [2.45, 2.75) is 45.4 Å². The van der Waals surface area contributed by atoms with Crippen molar-refractivity contribution in [2.75, 3.05) is 7.11 Å². The van der Waals surface area contributed by atoms with Gasteiger partial charge in [0.15, 0.2) is 5.17 Å². The first-order chi connectivity index (χ1) is 16.3. The van der Waals surface area contributed by atoms with Crippen LogP contribution in [0.3, 0.4) is 0 Å². The van der Waals surface area contributed by atoms with Crippen LogP contribution in [0.15, 0.2) is 62.9 Å². The molecule has 186 valence electrons. The number of hydrogen-bond acceptors (Lipinski definition) is 6. The fraction of sp³-hybridized carbons (Fsp3) is 0.320. The predicted molar refractivity (Wildman–Crippen MR) is 137 cm³/mol. The highest BCUT2D eigenvalue weighted by Crippen LogP contribution is 2.40. The number of carbonyl (C=O) groups is 2. The van der Waals surface area contributed by atoms with Crippen LogP contribution in [0.4, 0.5) is 9.18 Å². The second-order valence-electron chi connectivity index (χ2n) is 9.00. The molecule has 0 spiro atoms. The number of thioether (sulfide) groups is 1. The monoisotopic (exact) mass is 564 g/mol. The van der Waals surface area contributed by atoms with Gasteiger partial charge in [0.25, 0.3) is 0 Å². The molecule has 1 aliphatic heterocycles. The maximum atomic E-state index is 14.9. The van der Waals surface area contributed by atoms with Crippen LogP contribution < -0.4 is 4.74 Å². The third kappa shape index (κ3) is 6.64. The number of rotatable bonds is 5. The van der Waals surface area contributed by atoms with Crippen LogP contribution in [0.1, 0.15) is 38.8 Å². The number of nitrogens with zero attached hydrogens (tertiary/aromatic N) is 2. The maximum absolute atomic E-state index is 14.9. The molecule has 1 unspecified atom stereocenters. The molecule has 0 aromatic heterocycles. The molecular formula is C25H26BrFN2O5S. The zero-order valence-corrected chi connectivity index (χ0v) is 22.4. The Morgan fingerprint density at radius 3 is 2.43 bits per heavy atom. The summed E-state index contributed by atoms with van der Waals surface area (Å²) in [5.74, 6) is -1.11. The largest absolute Gasteiger partial charge is 0.497 e. The molecule has 0 bridgehead atoms. The number of halogens is 2. The summed E-state index contributed by atoms with van der Waals surface area (Å²) in [6.07, 6.45) is 0.679. The fourth-order valence-corrected chi connectivity index (χ4v) is 4.74. The Morgan fingerprint density at radius 1 is 1.20 bits per heavy atom. The minimum atomic E-state index is -1.39. The van der Waals surface area contributed by atoms with Crippen molar-refractivity contribution in [1.29, 1.82) is 0 Å². The molecule has 3 rings (SSSR count). The average molecular weight is 565 g/mol. The first-order valence-corrected chi connectivity index (χ1v) is 12.2. The lowest BCUT2D eigenvalue weighted by Crippen LogP contribution is -2.41. The summed E-state index contributed by atoms with van der Waals surface area (Å²) in [7, 11) is 1.55. The van der Waals surface area contributed by atoms with Crippen molar-refractivity contribution >= 4 is 44.9 Å². The molecule has 10 heteroatoms. The lowest BCUT2D eigenvalue weighted by Gasteiger charge is -2.33. The van der Waals surface area contributed by atoms with E-state index >= 15 is 0 Å². The maximum Gasteiger partial charge on any atom is 0.416 e. The van der Waals surface area contributed by atoms with E-state index in [0.29, 0.717) is 10.2 Å².